The molecule has 1 atom stereocenters. The van der Waals surface area contributed by atoms with Crippen molar-refractivity contribution >= 4 is 40.6 Å². The Kier molecular flexibility index (Phi) is 5.49. The molecule has 1 saturated heterocycles. The molecular formula is C21H19Cl2N5O2. The smallest absolute Gasteiger partial charge is 0.254 e. The number of pyridine rings is 1. The molecule has 1 unspecified atom stereocenters. The number of aromatic amines is 1. The molecule has 0 aliphatic carbocycles. The third-order valence-corrected chi connectivity index (χ3v) is 5.91. The van der Waals surface area contributed by atoms with Crippen LogP contribution >= 0.6 is 23.2 Å². The van der Waals surface area contributed by atoms with Gasteiger partial charge in [0.15, 0.2) is 0 Å². The number of carbonyl (C=O) groups is 1. The van der Waals surface area contributed by atoms with Gasteiger partial charge in [-0.2, -0.15) is 0 Å². The van der Waals surface area contributed by atoms with Crippen molar-refractivity contribution < 1.29 is 4.79 Å². The molecule has 154 valence electrons. The Morgan fingerprint density at radius 1 is 1.13 bits per heavy atom. The molecule has 1 aliphatic heterocycles. The van der Waals surface area contributed by atoms with Crippen molar-refractivity contribution in [1.29, 1.82) is 0 Å². The van der Waals surface area contributed by atoms with Gasteiger partial charge >= 0.3 is 0 Å². The first kappa shape index (κ1) is 20.4. The third kappa shape index (κ3) is 3.91. The largest absolute Gasteiger partial charge is 0.358 e. The molecule has 1 fully saturated rings. The number of hydrogen-bond acceptors (Lipinski definition) is 5. The van der Waals surface area contributed by atoms with E-state index in [-0.39, 0.29) is 11.5 Å². The lowest BCUT2D eigenvalue weighted by Crippen LogP contribution is -2.33. The molecule has 7 nitrogen and oxygen atoms in total. The van der Waals surface area contributed by atoms with E-state index in [1.54, 1.807) is 55.3 Å². The van der Waals surface area contributed by atoms with Gasteiger partial charge in [0.05, 0.1) is 10.0 Å². The van der Waals surface area contributed by atoms with Gasteiger partial charge in [-0.3, -0.25) is 9.59 Å². The number of aryl methyl sites for hydroxylation is 1. The van der Waals surface area contributed by atoms with Gasteiger partial charge in [-0.1, -0.05) is 23.2 Å². The summed E-state index contributed by atoms with van der Waals surface area (Å²) in [5.41, 5.74) is 2.51. The standard InChI is InChI=1S/C21H19Cl2N5O2/c1-11-12(2)25-19(27-20(11)29)13-3-6-18(24-10-13)26-17-7-8-28(21(17)30)14-4-5-15(22)16(23)9-14/h3-6,9-10,17H,7-8H2,1-2H3,(H,24,26)(H,25,27,29). The van der Waals surface area contributed by atoms with Crippen LogP contribution in [0, 0.1) is 13.8 Å². The van der Waals surface area contributed by atoms with Crippen molar-refractivity contribution in [2.75, 3.05) is 16.8 Å². The summed E-state index contributed by atoms with van der Waals surface area (Å²) in [5.74, 6) is 0.976. The highest BCUT2D eigenvalue weighted by Gasteiger charge is 2.33. The van der Waals surface area contributed by atoms with E-state index in [4.69, 9.17) is 23.2 Å². The molecule has 9 heteroatoms. The van der Waals surface area contributed by atoms with Crippen LogP contribution < -0.4 is 15.8 Å². The number of nitrogens with zero attached hydrogens (tertiary/aromatic N) is 3. The van der Waals surface area contributed by atoms with Crippen LogP contribution in [-0.2, 0) is 4.79 Å². The number of carbonyl (C=O) groups excluding carboxylic acids is 1. The molecule has 2 N–H and O–H groups in total. The molecule has 0 saturated carbocycles. The molecule has 0 spiro atoms. The van der Waals surface area contributed by atoms with Gasteiger partial charge in [0, 0.05) is 35.2 Å². The predicted octanol–water partition coefficient (Wildman–Crippen LogP) is 3.97. The molecule has 0 bridgehead atoms. The van der Waals surface area contributed by atoms with Crippen LogP contribution in [0.15, 0.2) is 41.3 Å². The van der Waals surface area contributed by atoms with Crippen molar-refractivity contribution in [2.24, 2.45) is 0 Å². The van der Waals surface area contributed by atoms with E-state index in [2.05, 4.69) is 20.3 Å². The summed E-state index contributed by atoms with van der Waals surface area (Å²) in [7, 11) is 0. The number of halogens is 2. The Labute approximate surface area is 183 Å². The lowest BCUT2D eigenvalue weighted by Gasteiger charge is -2.18. The summed E-state index contributed by atoms with van der Waals surface area (Å²) < 4.78 is 0. The highest BCUT2D eigenvalue weighted by Crippen LogP contribution is 2.30. The summed E-state index contributed by atoms with van der Waals surface area (Å²) in [5, 5.41) is 4.03. The minimum Gasteiger partial charge on any atom is -0.358 e. The number of aromatic nitrogens is 3. The topological polar surface area (TPSA) is 91.0 Å². The maximum atomic E-state index is 12.8. The van der Waals surface area contributed by atoms with Crippen LogP contribution in [0.2, 0.25) is 10.0 Å². The van der Waals surface area contributed by atoms with E-state index in [1.807, 2.05) is 0 Å². The monoisotopic (exact) mass is 443 g/mol. The van der Waals surface area contributed by atoms with E-state index in [1.165, 1.54) is 0 Å². The maximum absolute atomic E-state index is 12.8. The number of amides is 1. The van der Waals surface area contributed by atoms with E-state index in [0.717, 1.165) is 0 Å². The predicted molar refractivity (Wildman–Crippen MR) is 118 cm³/mol. The summed E-state index contributed by atoms with van der Waals surface area (Å²) in [6, 6.07) is 8.32. The maximum Gasteiger partial charge on any atom is 0.254 e. The van der Waals surface area contributed by atoms with Gasteiger partial charge in [0.1, 0.15) is 17.7 Å². The van der Waals surface area contributed by atoms with Crippen molar-refractivity contribution in [1.82, 2.24) is 15.0 Å². The molecule has 2 aromatic heterocycles. The Hall–Kier alpha value is -2.90. The van der Waals surface area contributed by atoms with Gasteiger partial charge in [0.25, 0.3) is 5.56 Å². The van der Waals surface area contributed by atoms with Crippen molar-refractivity contribution in [3.8, 4) is 11.4 Å². The first-order valence-corrected chi connectivity index (χ1v) is 10.2. The first-order chi connectivity index (χ1) is 14.3. The summed E-state index contributed by atoms with van der Waals surface area (Å²) >= 11 is 12.0. The van der Waals surface area contributed by atoms with Gasteiger partial charge in [0.2, 0.25) is 5.91 Å². The van der Waals surface area contributed by atoms with Crippen molar-refractivity contribution in [2.45, 2.75) is 26.3 Å². The SMILES string of the molecule is Cc1nc(-c2ccc(NC3CCN(c4ccc(Cl)c(Cl)c4)C3=O)nc2)[nH]c(=O)c1C. The average molecular weight is 444 g/mol. The number of anilines is 2. The van der Waals surface area contributed by atoms with Crippen LogP contribution in [0.4, 0.5) is 11.5 Å². The van der Waals surface area contributed by atoms with Gasteiger partial charge < -0.3 is 15.2 Å². The highest BCUT2D eigenvalue weighted by molar-refractivity contribution is 6.42. The fourth-order valence-electron chi connectivity index (χ4n) is 3.30. The van der Waals surface area contributed by atoms with Crippen LogP contribution in [-0.4, -0.2) is 33.4 Å². The molecule has 3 aromatic rings. The summed E-state index contributed by atoms with van der Waals surface area (Å²) in [6.45, 7) is 4.10. The first-order valence-electron chi connectivity index (χ1n) is 9.40. The fraction of sp³-hybridized carbons (Fsp3) is 0.238. The summed E-state index contributed by atoms with van der Waals surface area (Å²) in [6.07, 6.45) is 2.25. The van der Waals surface area contributed by atoms with Crippen molar-refractivity contribution in [3.63, 3.8) is 0 Å². The number of H-pyrrole nitrogens is 1. The van der Waals surface area contributed by atoms with E-state index < -0.39 is 6.04 Å². The van der Waals surface area contributed by atoms with Crippen LogP contribution in [0.1, 0.15) is 17.7 Å². The Balaban J connectivity index is 1.48. The normalized spacial score (nSPS) is 16.2. The Bertz CT molecular complexity index is 1180. The molecule has 30 heavy (non-hydrogen) atoms. The zero-order valence-corrected chi connectivity index (χ0v) is 17.9. The second-order valence-electron chi connectivity index (χ2n) is 7.13. The van der Waals surface area contributed by atoms with E-state index >= 15 is 0 Å². The van der Waals surface area contributed by atoms with Crippen LogP contribution in [0.25, 0.3) is 11.4 Å². The molecule has 1 aliphatic rings. The second kappa shape index (κ2) is 8.08. The number of nitrogens with one attached hydrogen (secondary N) is 2. The van der Waals surface area contributed by atoms with Crippen LogP contribution in [0.3, 0.4) is 0 Å². The zero-order valence-electron chi connectivity index (χ0n) is 16.4. The van der Waals surface area contributed by atoms with Crippen LogP contribution in [0.5, 0.6) is 0 Å². The molecule has 0 radical (unpaired) electrons. The number of benzene rings is 1. The van der Waals surface area contributed by atoms with Gasteiger partial charge in [-0.05, 0) is 50.6 Å². The lowest BCUT2D eigenvalue weighted by atomic mass is 10.2. The molecule has 1 aromatic carbocycles. The zero-order chi connectivity index (χ0) is 21.4. The Morgan fingerprint density at radius 3 is 2.60 bits per heavy atom. The van der Waals surface area contributed by atoms with Gasteiger partial charge in [-0.15, -0.1) is 0 Å². The van der Waals surface area contributed by atoms with E-state index in [0.29, 0.717) is 57.2 Å². The fourth-order valence-corrected chi connectivity index (χ4v) is 3.60. The van der Waals surface area contributed by atoms with Gasteiger partial charge in [-0.25, -0.2) is 9.97 Å². The Morgan fingerprint density at radius 2 is 1.93 bits per heavy atom. The van der Waals surface area contributed by atoms with Crippen molar-refractivity contribution in [3.05, 3.63) is 68.2 Å². The average Bonchev–Trinajstić information content (AvgIpc) is 3.08. The number of rotatable bonds is 4. The molecule has 3 heterocycles. The molecule has 4 rings (SSSR count). The highest BCUT2D eigenvalue weighted by atomic mass is 35.5. The van der Waals surface area contributed by atoms with E-state index in [9.17, 15) is 9.59 Å². The minimum atomic E-state index is -0.391. The number of hydrogen-bond donors (Lipinski definition) is 2. The quantitative estimate of drug-likeness (QED) is 0.636. The third-order valence-electron chi connectivity index (χ3n) is 5.17. The lowest BCUT2D eigenvalue weighted by molar-refractivity contribution is -0.117. The molecule has 1 amide bonds. The summed E-state index contributed by atoms with van der Waals surface area (Å²) in [4.78, 5) is 38.0. The minimum absolute atomic E-state index is 0.0561. The molecular weight excluding hydrogens is 425 g/mol. The second-order valence-corrected chi connectivity index (χ2v) is 7.95.